The van der Waals surface area contributed by atoms with E-state index in [1.54, 1.807) is 0 Å². The van der Waals surface area contributed by atoms with E-state index in [0.29, 0.717) is 6.04 Å². The SMILES string of the molecule is CC(C)(C)OC(=O)N1CCCCC(NCc2ccc[nH]2)C1. The van der Waals surface area contributed by atoms with Gasteiger partial charge in [0.05, 0.1) is 0 Å². The maximum absolute atomic E-state index is 12.2. The lowest BCUT2D eigenvalue weighted by Gasteiger charge is -2.28. The molecular weight excluding hydrogens is 266 g/mol. The van der Waals surface area contributed by atoms with Gasteiger partial charge >= 0.3 is 6.09 Å². The van der Waals surface area contributed by atoms with Crippen molar-refractivity contribution in [3.63, 3.8) is 0 Å². The molecule has 1 aliphatic rings. The largest absolute Gasteiger partial charge is 0.444 e. The molecule has 0 saturated carbocycles. The molecule has 118 valence electrons. The van der Waals surface area contributed by atoms with Crippen LogP contribution < -0.4 is 5.32 Å². The highest BCUT2D eigenvalue weighted by molar-refractivity contribution is 5.68. The van der Waals surface area contributed by atoms with E-state index in [9.17, 15) is 4.79 Å². The van der Waals surface area contributed by atoms with Gasteiger partial charge in [0.2, 0.25) is 0 Å². The zero-order valence-corrected chi connectivity index (χ0v) is 13.3. The van der Waals surface area contributed by atoms with Crippen molar-refractivity contribution < 1.29 is 9.53 Å². The van der Waals surface area contributed by atoms with Crippen molar-refractivity contribution in [2.45, 2.75) is 58.2 Å². The molecule has 2 heterocycles. The van der Waals surface area contributed by atoms with Crippen LogP contribution in [0, 0.1) is 0 Å². The number of hydrogen-bond donors (Lipinski definition) is 2. The third-order valence-corrected chi connectivity index (χ3v) is 3.57. The summed E-state index contributed by atoms with van der Waals surface area (Å²) in [7, 11) is 0. The van der Waals surface area contributed by atoms with Gasteiger partial charge in [-0.3, -0.25) is 0 Å². The van der Waals surface area contributed by atoms with Gasteiger partial charge in [0, 0.05) is 37.6 Å². The van der Waals surface area contributed by atoms with Crippen LogP contribution in [-0.4, -0.2) is 40.7 Å². The number of aromatic amines is 1. The van der Waals surface area contributed by atoms with Crippen molar-refractivity contribution in [2.24, 2.45) is 0 Å². The van der Waals surface area contributed by atoms with E-state index in [-0.39, 0.29) is 6.09 Å². The van der Waals surface area contributed by atoms with Crippen LogP contribution in [0.4, 0.5) is 4.79 Å². The number of nitrogens with one attached hydrogen (secondary N) is 2. The summed E-state index contributed by atoms with van der Waals surface area (Å²) in [6.45, 7) is 8.03. The molecule has 1 amide bonds. The Bertz CT molecular complexity index is 437. The molecular formula is C16H27N3O2. The number of nitrogens with zero attached hydrogens (tertiary/aromatic N) is 1. The fourth-order valence-corrected chi connectivity index (χ4v) is 2.53. The third kappa shape index (κ3) is 5.42. The molecule has 5 nitrogen and oxygen atoms in total. The van der Waals surface area contributed by atoms with Gasteiger partial charge in [-0.1, -0.05) is 6.42 Å². The lowest BCUT2D eigenvalue weighted by atomic mass is 10.1. The monoisotopic (exact) mass is 293 g/mol. The van der Waals surface area contributed by atoms with E-state index in [1.165, 1.54) is 5.69 Å². The van der Waals surface area contributed by atoms with E-state index >= 15 is 0 Å². The number of aromatic nitrogens is 1. The quantitative estimate of drug-likeness (QED) is 0.901. The predicted octanol–water partition coefficient (Wildman–Crippen LogP) is 2.89. The Morgan fingerprint density at radius 2 is 2.29 bits per heavy atom. The maximum Gasteiger partial charge on any atom is 0.410 e. The summed E-state index contributed by atoms with van der Waals surface area (Å²) < 4.78 is 5.48. The fourth-order valence-electron chi connectivity index (χ4n) is 2.53. The number of hydrogen-bond acceptors (Lipinski definition) is 3. The van der Waals surface area contributed by atoms with Gasteiger partial charge in [0.1, 0.15) is 5.60 Å². The van der Waals surface area contributed by atoms with E-state index in [1.807, 2.05) is 37.9 Å². The third-order valence-electron chi connectivity index (χ3n) is 3.57. The first-order valence-electron chi connectivity index (χ1n) is 7.77. The fraction of sp³-hybridized carbons (Fsp3) is 0.688. The lowest BCUT2D eigenvalue weighted by molar-refractivity contribution is 0.0243. The van der Waals surface area contributed by atoms with Crippen LogP contribution in [-0.2, 0) is 11.3 Å². The number of H-pyrrole nitrogens is 1. The molecule has 1 unspecified atom stereocenters. The van der Waals surface area contributed by atoms with Crippen LogP contribution in [0.25, 0.3) is 0 Å². The smallest absolute Gasteiger partial charge is 0.410 e. The van der Waals surface area contributed by atoms with Gasteiger partial charge < -0.3 is 19.9 Å². The number of likely N-dealkylation sites (tertiary alicyclic amines) is 1. The Morgan fingerprint density at radius 1 is 1.48 bits per heavy atom. The highest BCUT2D eigenvalue weighted by atomic mass is 16.6. The highest BCUT2D eigenvalue weighted by Gasteiger charge is 2.26. The summed E-state index contributed by atoms with van der Waals surface area (Å²) in [5, 5.41) is 3.53. The van der Waals surface area contributed by atoms with Gasteiger partial charge in [-0.25, -0.2) is 4.79 Å². The summed E-state index contributed by atoms with van der Waals surface area (Å²) in [6.07, 6.45) is 5.01. The molecule has 2 N–H and O–H groups in total. The average molecular weight is 293 g/mol. The highest BCUT2D eigenvalue weighted by Crippen LogP contribution is 2.15. The minimum atomic E-state index is -0.434. The summed E-state index contributed by atoms with van der Waals surface area (Å²) in [4.78, 5) is 17.2. The molecule has 1 atom stereocenters. The van der Waals surface area contributed by atoms with E-state index < -0.39 is 5.60 Å². The molecule has 0 aliphatic carbocycles. The molecule has 0 bridgehead atoms. The van der Waals surface area contributed by atoms with Crippen LogP contribution in [0.1, 0.15) is 45.7 Å². The van der Waals surface area contributed by atoms with Gasteiger partial charge in [-0.15, -0.1) is 0 Å². The molecule has 1 aromatic rings. The molecule has 2 rings (SSSR count). The van der Waals surface area contributed by atoms with E-state index in [4.69, 9.17) is 4.74 Å². The molecule has 1 saturated heterocycles. The molecule has 0 radical (unpaired) electrons. The molecule has 5 heteroatoms. The maximum atomic E-state index is 12.2. The lowest BCUT2D eigenvalue weighted by Crippen LogP contribution is -2.44. The van der Waals surface area contributed by atoms with Crippen LogP contribution in [0.2, 0.25) is 0 Å². The van der Waals surface area contributed by atoms with Crippen LogP contribution >= 0.6 is 0 Å². The zero-order chi connectivity index (χ0) is 15.3. The second-order valence-corrected chi connectivity index (χ2v) is 6.70. The molecule has 0 aromatic carbocycles. The standard InChI is InChI=1S/C16H27N3O2/c1-16(2,3)21-15(20)19-10-5-4-7-14(12-19)18-11-13-8-6-9-17-13/h6,8-9,14,17-18H,4-5,7,10-12H2,1-3H3. The predicted molar refractivity (Wildman–Crippen MR) is 83.1 cm³/mol. The summed E-state index contributed by atoms with van der Waals surface area (Å²) in [5.41, 5.74) is 0.736. The topological polar surface area (TPSA) is 57.4 Å². The van der Waals surface area contributed by atoms with Crippen molar-refractivity contribution >= 4 is 6.09 Å². The molecule has 21 heavy (non-hydrogen) atoms. The van der Waals surface area contributed by atoms with E-state index in [0.717, 1.165) is 38.9 Å². The van der Waals surface area contributed by atoms with E-state index in [2.05, 4.69) is 16.4 Å². The Labute approximate surface area is 127 Å². The van der Waals surface area contributed by atoms with Crippen molar-refractivity contribution in [1.29, 1.82) is 0 Å². The first-order chi connectivity index (χ1) is 9.94. The Kier molecular flexibility index (Phi) is 5.28. The molecule has 0 spiro atoms. The van der Waals surface area contributed by atoms with Crippen LogP contribution in [0.15, 0.2) is 18.3 Å². The minimum Gasteiger partial charge on any atom is -0.444 e. The van der Waals surface area contributed by atoms with Gasteiger partial charge in [0.15, 0.2) is 0 Å². The number of ether oxygens (including phenoxy) is 1. The Hall–Kier alpha value is -1.49. The second-order valence-electron chi connectivity index (χ2n) is 6.70. The van der Waals surface area contributed by atoms with Gasteiger partial charge in [-0.05, 0) is 45.7 Å². The van der Waals surface area contributed by atoms with Crippen molar-refractivity contribution in [3.05, 3.63) is 24.0 Å². The number of carbonyl (C=O) groups excluding carboxylic acids is 1. The average Bonchev–Trinajstić information content (AvgIpc) is 2.78. The number of rotatable bonds is 3. The van der Waals surface area contributed by atoms with Crippen LogP contribution in [0.5, 0.6) is 0 Å². The summed E-state index contributed by atoms with van der Waals surface area (Å²) in [5.74, 6) is 0. The normalized spacial score (nSPS) is 20.1. The summed E-state index contributed by atoms with van der Waals surface area (Å²) in [6, 6.07) is 4.38. The van der Waals surface area contributed by atoms with Gasteiger partial charge in [-0.2, -0.15) is 0 Å². The number of carbonyl (C=O) groups is 1. The van der Waals surface area contributed by atoms with Crippen molar-refractivity contribution in [2.75, 3.05) is 13.1 Å². The van der Waals surface area contributed by atoms with Crippen LogP contribution in [0.3, 0.4) is 0 Å². The summed E-state index contributed by atoms with van der Waals surface area (Å²) >= 11 is 0. The minimum absolute atomic E-state index is 0.198. The van der Waals surface area contributed by atoms with Gasteiger partial charge in [0.25, 0.3) is 0 Å². The first kappa shape index (κ1) is 15.9. The molecule has 1 aromatic heterocycles. The van der Waals surface area contributed by atoms with Crippen molar-refractivity contribution in [1.82, 2.24) is 15.2 Å². The zero-order valence-electron chi connectivity index (χ0n) is 13.3. The first-order valence-corrected chi connectivity index (χ1v) is 7.77. The molecule has 1 fully saturated rings. The molecule has 1 aliphatic heterocycles. The van der Waals surface area contributed by atoms with Crippen molar-refractivity contribution in [3.8, 4) is 0 Å². The Balaban J connectivity index is 1.87. The number of amides is 1. The second kappa shape index (κ2) is 6.98. The Morgan fingerprint density at radius 3 is 2.95 bits per heavy atom.